The van der Waals surface area contributed by atoms with E-state index >= 15 is 0 Å². The van der Waals surface area contributed by atoms with Gasteiger partial charge in [-0.05, 0) is 19.1 Å². The van der Waals surface area contributed by atoms with Gasteiger partial charge in [0, 0.05) is 6.92 Å². The molecule has 0 fully saturated rings. The number of nitrogens with zero attached hydrogens (tertiary/aromatic N) is 1. The molecule has 0 aliphatic rings. The Morgan fingerprint density at radius 3 is 2.35 bits per heavy atom. The molecule has 88 valence electrons. The van der Waals surface area contributed by atoms with Crippen LogP contribution in [0.1, 0.15) is 22.3 Å². The van der Waals surface area contributed by atoms with Crippen LogP contribution >= 0.6 is 11.3 Å². The van der Waals surface area contributed by atoms with Crippen molar-refractivity contribution < 1.29 is 13.6 Å². The Hall–Kier alpha value is -1.62. The molecule has 1 aromatic carbocycles. The number of hydrogen-bond donors (Lipinski definition) is 0. The molecule has 1 aromatic heterocycles. The fraction of sp³-hybridized carbons (Fsp3) is 0.167. The van der Waals surface area contributed by atoms with Gasteiger partial charge in [0.1, 0.15) is 16.6 Å². The zero-order valence-corrected chi connectivity index (χ0v) is 10.1. The van der Waals surface area contributed by atoms with Crippen molar-refractivity contribution in [3.63, 3.8) is 0 Å². The maximum atomic E-state index is 13.5. The Morgan fingerprint density at radius 2 is 1.88 bits per heavy atom. The van der Waals surface area contributed by atoms with Gasteiger partial charge in [0.25, 0.3) is 0 Å². The van der Waals surface area contributed by atoms with E-state index in [0.717, 1.165) is 11.3 Å². The smallest absolute Gasteiger partial charge is 0.171 e. The standard InChI is InChI=1S/C12H9F2NOS/c1-6-11(7(2)16)17-12(15-6)10-8(13)4-3-5-9(10)14/h3-5H,1-2H3. The first kappa shape index (κ1) is 11.9. The summed E-state index contributed by atoms with van der Waals surface area (Å²) in [4.78, 5) is 15.7. The van der Waals surface area contributed by atoms with E-state index in [0.29, 0.717) is 10.6 Å². The van der Waals surface area contributed by atoms with Crippen LogP contribution < -0.4 is 0 Å². The number of hydrogen-bond acceptors (Lipinski definition) is 3. The van der Waals surface area contributed by atoms with Gasteiger partial charge in [0.2, 0.25) is 0 Å². The van der Waals surface area contributed by atoms with Crippen molar-refractivity contribution in [1.82, 2.24) is 4.98 Å². The summed E-state index contributed by atoms with van der Waals surface area (Å²) in [5, 5.41) is 0.198. The zero-order valence-electron chi connectivity index (χ0n) is 9.25. The Bertz CT molecular complexity index is 572. The van der Waals surface area contributed by atoms with E-state index in [2.05, 4.69) is 4.98 Å². The molecule has 2 nitrogen and oxygen atoms in total. The molecule has 0 unspecified atom stereocenters. The van der Waals surface area contributed by atoms with Crippen molar-refractivity contribution in [1.29, 1.82) is 0 Å². The molecule has 0 amide bonds. The number of thiazole rings is 1. The number of ketones is 1. The molecular formula is C12H9F2NOS. The second-order valence-corrected chi connectivity index (χ2v) is 4.59. The van der Waals surface area contributed by atoms with Gasteiger partial charge in [-0.2, -0.15) is 0 Å². The fourth-order valence-electron chi connectivity index (χ4n) is 1.53. The summed E-state index contributed by atoms with van der Waals surface area (Å²) in [5.41, 5.74) is 0.327. The van der Waals surface area contributed by atoms with Crippen molar-refractivity contribution in [2.45, 2.75) is 13.8 Å². The molecule has 0 radical (unpaired) electrons. The van der Waals surface area contributed by atoms with Crippen LogP contribution in [-0.4, -0.2) is 10.8 Å². The van der Waals surface area contributed by atoms with E-state index in [1.54, 1.807) is 6.92 Å². The lowest BCUT2D eigenvalue weighted by Gasteiger charge is -1.99. The molecule has 2 rings (SSSR count). The first-order valence-electron chi connectivity index (χ1n) is 4.93. The summed E-state index contributed by atoms with van der Waals surface area (Å²) in [6.07, 6.45) is 0. The molecule has 17 heavy (non-hydrogen) atoms. The molecule has 0 N–H and O–H groups in total. The number of carbonyl (C=O) groups is 1. The molecule has 0 aliphatic carbocycles. The minimum absolute atomic E-state index is 0.150. The second kappa shape index (κ2) is 4.33. The maximum Gasteiger partial charge on any atom is 0.171 e. The Balaban J connectivity index is 2.62. The fourth-order valence-corrected chi connectivity index (χ4v) is 2.54. The number of carbonyl (C=O) groups excluding carboxylic acids is 1. The van der Waals surface area contributed by atoms with Crippen molar-refractivity contribution in [2.75, 3.05) is 0 Å². The zero-order chi connectivity index (χ0) is 12.6. The van der Waals surface area contributed by atoms with E-state index in [9.17, 15) is 13.6 Å². The SMILES string of the molecule is CC(=O)c1sc(-c2c(F)cccc2F)nc1C. The molecule has 0 saturated carbocycles. The first-order chi connectivity index (χ1) is 8.00. The predicted molar refractivity (Wildman–Crippen MR) is 62.2 cm³/mol. The summed E-state index contributed by atoms with van der Waals surface area (Å²) < 4.78 is 27.0. The molecule has 0 bridgehead atoms. The molecule has 0 aliphatic heterocycles. The van der Waals surface area contributed by atoms with Gasteiger partial charge in [-0.15, -0.1) is 11.3 Å². The number of aromatic nitrogens is 1. The minimum atomic E-state index is -0.672. The monoisotopic (exact) mass is 253 g/mol. The number of rotatable bonds is 2. The molecule has 0 atom stereocenters. The topological polar surface area (TPSA) is 30.0 Å². The van der Waals surface area contributed by atoms with Gasteiger partial charge >= 0.3 is 0 Å². The molecule has 5 heteroatoms. The third kappa shape index (κ3) is 2.10. The van der Waals surface area contributed by atoms with Crippen LogP contribution in [-0.2, 0) is 0 Å². The van der Waals surface area contributed by atoms with Gasteiger partial charge in [0.05, 0.1) is 16.1 Å². The van der Waals surface area contributed by atoms with Gasteiger partial charge in [-0.3, -0.25) is 4.79 Å². The number of benzene rings is 1. The lowest BCUT2D eigenvalue weighted by molar-refractivity contribution is 0.102. The van der Waals surface area contributed by atoms with Crippen LogP contribution in [0.15, 0.2) is 18.2 Å². The molecular weight excluding hydrogens is 244 g/mol. The van der Waals surface area contributed by atoms with Crippen LogP contribution in [0, 0.1) is 18.6 Å². The molecule has 0 saturated heterocycles. The largest absolute Gasteiger partial charge is 0.294 e. The van der Waals surface area contributed by atoms with Crippen molar-refractivity contribution in [3.05, 3.63) is 40.4 Å². The molecule has 2 aromatic rings. The second-order valence-electron chi connectivity index (χ2n) is 3.59. The average Bonchev–Trinajstić information content (AvgIpc) is 2.60. The van der Waals surface area contributed by atoms with Gasteiger partial charge < -0.3 is 0 Å². The van der Waals surface area contributed by atoms with Gasteiger partial charge in [-0.1, -0.05) is 6.07 Å². The van der Waals surface area contributed by atoms with E-state index in [1.165, 1.54) is 25.1 Å². The summed E-state index contributed by atoms with van der Waals surface area (Å²) in [7, 11) is 0. The highest BCUT2D eigenvalue weighted by Gasteiger charge is 2.18. The first-order valence-corrected chi connectivity index (χ1v) is 5.75. The molecule has 1 heterocycles. The number of Topliss-reactive ketones (excluding diaryl/α,β-unsaturated/α-hetero) is 1. The minimum Gasteiger partial charge on any atom is -0.294 e. The van der Waals surface area contributed by atoms with E-state index in [1.807, 2.05) is 0 Å². The van der Waals surface area contributed by atoms with Crippen LogP contribution in [0.5, 0.6) is 0 Å². The van der Waals surface area contributed by atoms with Gasteiger partial charge in [0.15, 0.2) is 5.78 Å². The van der Waals surface area contributed by atoms with Crippen LogP contribution in [0.3, 0.4) is 0 Å². The van der Waals surface area contributed by atoms with Crippen LogP contribution in [0.2, 0.25) is 0 Å². The number of aryl methyl sites for hydroxylation is 1. The van der Waals surface area contributed by atoms with E-state index in [4.69, 9.17) is 0 Å². The lowest BCUT2D eigenvalue weighted by Crippen LogP contribution is -1.89. The van der Waals surface area contributed by atoms with Crippen LogP contribution in [0.4, 0.5) is 8.78 Å². The quantitative estimate of drug-likeness (QED) is 0.765. The Morgan fingerprint density at radius 1 is 1.29 bits per heavy atom. The highest BCUT2D eigenvalue weighted by Crippen LogP contribution is 2.31. The van der Waals surface area contributed by atoms with Gasteiger partial charge in [-0.25, -0.2) is 13.8 Å². The summed E-state index contributed by atoms with van der Waals surface area (Å²) in [6.45, 7) is 3.05. The summed E-state index contributed by atoms with van der Waals surface area (Å²) in [5.74, 6) is -1.49. The van der Waals surface area contributed by atoms with Crippen molar-refractivity contribution in [3.8, 4) is 10.6 Å². The summed E-state index contributed by atoms with van der Waals surface area (Å²) in [6, 6.07) is 3.63. The third-order valence-corrected chi connectivity index (χ3v) is 3.57. The van der Waals surface area contributed by atoms with Crippen molar-refractivity contribution >= 4 is 17.1 Å². The van der Waals surface area contributed by atoms with Crippen molar-refractivity contribution in [2.24, 2.45) is 0 Å². The van der Waals surface area contributed by atoms with E-state index in [-0.39, 0.29) is 16.4 Å². The van der Waals surface area contributed by atoms with Crippen LogP contribution in [0.25, 0.3) is 10.6 Å². The normalized spacial score (nSPS) is 10.6. The molecule has 0 spiro atoms. The Labute approximate surface area is 101 Å². The highest BCUT2D eigenvalue weighted by atomic mass is 32.1. The summed E-state index contributed by atoms with van der Waals surface area (Å²) >= 11 is 1.01. The lowest BCUT2D eigenvalue weighted by atomic mass is 10.2. The Kier molecular flexibility index (Phi) is 3.02. The van der Waals surface area contributed by atoms with E-state index < -0.39 is 11.6 Å². The maximum absolute atomic E-state index is 13.5. The third-order valence-electron chi connectivity index (χ3n) is 2.29. The predicted octanol–water partition coefficient (Wildman–Crippen LogP) is 3.60. The number of halogens is 2. The highest BCUT2D eigenvalue weighted by molar-refractivity contribution is 7.17. The average molecular weight is 253 g/mol.